The number of hydrogen-bond donors (Lipinski definition) is 2. The molecule has 0 aliphatic carbocycles. The van der Waals surface area contributed by atoms with Crippen molar-refractivity contribution >= 4 is 21.7 Å². The lowest BCUT2D eigenvalue weighted by Crippen LogP contribution is -2.09. The molecule has 0 radical (unpaired) electrons. The summed E-state index contributed by atoms with van der Waals surface area (Å²) < 4.78 is 43.8. The Labute approximate surface area is 152 Å². The first-order valence-corrected chi connectivity index (χ1v) is 9.69. The van der Waals surface area contributed by atoms with Crippen molar-refractivity contribution in [1.82, 2.24) is 0 Å². The zero-order valence-corrected chi connectivity index (χ0v) is 14.8. The van der Waals surface area contributed by atoms with Crippen LogP contribution < -0.4 is 5.32 Å². The monoisotopic (exact) mass is 377 g/mol. The Kier molecular flexibility index (Phi) is 7.06. The minimum absolute atomic E-state index is 0.184. The smallest absolute Gasteiger partial charge is 0.264 e. The topological polar surface area (TPSA) is 83.5 Å². The van der Waals surface area contributed by atoms with E-state index < -0.39 is 21.8 Å². The quantitative estimate of drug-likeness (QED) is 0.542. The Morgan fingerprint density at radius 3 is 2.54 bits per heavy atom. The molecule has 1 unspecified atom stereocenters. The molecule has 5 nitrogen and oxygen atoms in total. The highest BCUT2D eigenvalue weighted by Crippen LogP contribution is 2.23. The molecule has 2 N–H and O–H groups in total. The van der Waals surface area contributed by atoms with E-state index in [1.807, 2.05) is 30.3 Å². The number of halogens is 1. The zero-order chi connectivity index (χ0) is 19.0. The van der Waals surface area contributed by atoms with Crippen LogP contribution in [0.3, 0.4) is 0 Å². The summed E-state index contributed by atoms with van der Waals surface area (Å²) in [5, 5.41) is 2.57. The van der Waals surface area contributed by atoms with Gasteiger partial charge >= 0.3 is 0 Å². The molecule has 1 amide bonds. The highest BCUT2D eigenvalue weighted by molar-refractivity contribution is 7.85. The predicted octanol–water partition coefficient (Wildman–Crippen LogP) is 3.77. The van der Waals surface area contributed by atoms with Crippen molar-refractivity contribution in [3.05, 3.63) is 78.1 Å². The fourth-order valence-electron chi connectivity index (χ4n) is 2.51. The maximum absolute atomic E-state index is 13.1. The molecule has 0 bridgehead atoms. The normalized spacial score (nSPS) is 12.8. The third-order valence-corrected chi connectivity index (χ3v) is 4.52. The van der Waals surface area contributed by atoms with Crippen molar-refractivity contribution in [3.8, 4) is 0 Å². The van der Waals surface area contributed by atoms with Gasteiger partial charge in [-0.1, -0.05) is 42.5 Å². The number of rotatable bonds is 8. The molecule has 26 heavy (non-hydrogen) atoms. The standard InChI is InChI=1S/C19H20FNO4S/c20-17-9-4-10-18(14-17)21-19(22)12-11-16(8-5-13-26(23,24)25)15-6-2-1-3-7-15/h1-4,6-7,9-12,14,16H,5,8,13H2,(H,21,22)(H,23,24,25). The predicted molar refractivity (Wildman–Crippen MR) is 99.0 cm³/mol. The lowest BCUT2D eigenvalue weighted by Gasteiger charge is -2.13. The minimum atomic E-state index is -4.02. The van der Waals surface area contributed by atoms with Crippen molar-refractivity contribution in [1.29, 1.82) is 0 Å². The van der Waals surface area contributed by atoms with Gasteiger partial charge in [-0.05, 0) is 42.7 Å². The molecule has 2 aromatic carbocycles. The minimum Gasteiger partial charge on any atom is -0.322 e. The SMILES string of the molecule is O=C(C=CC(CCCS(=O)(=O)O)c1ccccc1)Nc1cccc(F)c1. The molecule has 2 aromatic rings. The number of allylic oxidation sites excluding steroid dienone is 1. The fraction of sp³-hybridized carbons (Fsp3) is 0.211. The fourth-order valence-corrected chi connectivity index (χ4v) is 3.05. The Balaban J connectivity index is 2.04. The number of carbonyl (C=O) groups excluding carboxylic acids is 1. The van der Waals surface area contributed by atoms with E-state index >= 15 is 0 Å². The molecule has 1 atom stereocenters. The molecule has 0 aromatic heterocycles. The number of hydrogen-bond acceptors (Lipinski definition) is 3. The Morgan fingerprint density at radius 1 is 1.15 bits per heavy atom. The van der Waals surface area contributed by atoms with Crippen LogP contribution in [0.5, 0.6) is 0 Å². The number of anilines is 1. The number of amides is 1. The molecule has 2 rings (SSSR count). The first-order valence-electron chi connectivity index (χ1n) is 8.08. The number of benzene rings is 2. The summed E-state index contributed by atoms with van der Waals surface area (Å²) in [6.07, 6.45) is 3.73. The zero-order valence-electron chi connectivity index (χ0n) is 14.0. The second kappa shape index (κ2) is 9.26. The van der Waals surface area contributed by atoms with E-state index in [0.29, 0.717) is 12.1 Å². The van der Waals surface area contributed by atoms with Crippen LogP contribution in [-0.4, -0.2) is 24.6 Å². The van der Waals surface area contributed by atoms with Gasteiger partial charge < -0.3 is 5.32 Å². The van der Waals surface area contributed by atoms with E-state index in [9.17, 15) is 17.6 Å². The van der Waals surface area contributed by atoms with Crippen LogP contribution in [0.1, 0.15) is 24.3 Å². The van der Waals surface area contributed by atoms with E-state index in [1.165, 1.54) is 24.3 Å². The summed E-state index contributed by atoms with van der Waals surface area (Å²) in [6, 6.07) is 14.9. The molecule has 0 saturated carbocycles. The van der Waals surface area contributed by atoms with Gasteiger partial charge in [0.05, 0.1) is 5.75 Å². The largest absolute Gasteiger partial charge is 0.322 e. The molecular weight excluding hydrogens is 357 g/mol. The van der Waals surface area contributed by atoms with Gasteiger partial charge in [0.25, 0.3) is 10.1 Å². The van der Waals surface area contributed by atoms with E-state index in [4.69, 9.17) is 4.55 Å². The Bertz CT molecular complexity index is 866. The molecule has 0 aliphatic rings. The summed E-state index contributed by atoms with van der Waals surface area (Å²) >= 11 is 0. The Hall–Kier alpha value is -2.51. The van der Waals surface area contributed by atoms with Gasteiger partial charge in [0.1, 0.15) is 5.82 Å². The van der Waals surface area contributed by atoms with Crippen molar-refractivity contribution in [2.45, 2.75) is 18.8 Å². The summed E-state index contributed by atoms with van der Waals surface area (Å²) in [5.41, 5.74) is 1.28. The first kappa shape index (κ1) is 19.8. The van der Waals surface area contributed by atoms with Crippen LogP contribution >= 0.6 is 0 Å². The van der Waals surface area contributed by atoms with Crippen molar-refractivity contribution < 1.29 is 22.2 Å². The van der Waals surface area contributed by atoms with Crippen molar-refractivity contribution in [2.24, 2.45) is 0 Å². The van der Waals surface area contributed by atoms with Crippen molar-refractivity contribution in [2.75, 3.05) is 11.1 Å². The molecule has 0 saturated heterocycles. The van der Waals surface area contributed by atoms with E-state index in [1.54, 1.807) is 12.1 Å². The maximum atomic E-state index is 13.1. The highest BCUT2D eigenvalue weighted by atomic mass is 32.2. The average molecular weight is 377 g/mol. The van der Waals surface area contributed by atoms with E-state index in [-0.39, 0.29) is 18.1 Å². The molecule has 0 aliphatic heterocycles. The van der Waals surface area contributed by atoms with Gasteiger partial charge in [0.15, 0.2) is 0 Å². The highest BCUT2D eigenvalue weighted by Gasteiger charge is 2.11. The van der Waals surface area contributed by atoms with Crippen LogP contribution in [0.2, 0.25) is 0 Å². The molecule has 0 spiro atoms. The number of nitrogens with one attached hydrogen (secondary N) is 1. The second-order valence-corrected chi connectivity index (χ2v) is 7.38. The summed E-state index contributed by atoms with van der Waals surface area (Å²) in [7, 11) is -4.02. The van der Waals surface area contributed by atoms with Gasteiger partial charge in [-0.3, -0.25) is 9.35 Å². The summed E-state index contributed by atoms with van der Waals surface area (Å²) in [5.74, 6) is -1.37. The lowest BCUT2D eigenvalue weighted by atomic mass is 9.94. The summed E-state index contributed by atoms with van der Waals surface area (Å²) in [4.78, 5) is 12.0. The van der Waals surface area contributed by atoms with Gasteiger partial charge in [0.2, 0.25) is 5.91 Å². The summed E-state index contributed by atoms with van der Waals surface area (Å²) in [6.45, 7) is 0. The van der Waals surface area contributed by atoms with Crippen molar-refractivity contribution in [3.63, 3.8) is 0 Å². The maximum Gasteiger partial charge on any atom is 0.264 e. The Morgan fingerprint density at radius 2 is 1.88 bits per heavy atom. The van der Waals surface area contributed by atoms with Gasteiger partial charge in [-0.15, -0.1) is 0 Å². The number of carbonyl (C=O) groups is 1. The van der Waals surface area contributed by atoms with Crippen LogP contribution in [0.25, 0.3) is 0 Å². The van der Waals surface area contributed by atoms with Crippen LogP contribution in [0, 0.1) is 5.82 Å². The van der Waals surface area contributed by atoms with Gasteiger partial charge in [0, 0.05) is 11.6 Å². The molecular formula is C19H20FNO4S. The van der Waals surface area contributed by atoms with Gasteiger partial charge in [-0.2, -0.15) is 8.42 Å². The molecule has 138 valence electrons. The second-order valence-electron chi connectivity index (χ2n) is 5.80. The van der Waals surface area contributed by atoms with Crippen LogP contribution in [-0.2, 0) is 14.9 Å². The van der Waals surface area contributed by atoms with Crippen LogP contribution in [0.15, 0.2) is 66.7 Å². The molecule has 7 heteroatoms. The first-order chi connectivity index (χ1) is 12.3. The van der Waals surface area contributed by atoms with Gasteiger partial charge in [-0.25, -0.2) is 4.39 Å². The average Bonchev–Trinajstić information content (AvgIpc) is 2.57. The van der Waals surface area contributed by atoms with E-state index in [2.05, 4.69) is 5.32 Å². The molecule has 0 fully saturated rings. The lowest BCUT2D eigenvalue weighted by molar-refractivity contribution is -0.111. The third-order valence-electron chi connectivity index (χ3n) is 3.72. The third kappa shape index (κ3) is 7.16. The van der Waals surface area contributed by atoms with E-state index in [0.717, 1.165) is 5.56 Å². The van der Waals surface area contributed by atoms with Crippen LogP contribution in [0.4, 0.5) is 10.1 Å². The molecule has 0 heterocycles.